The molecule has 1 aliphatic heterocycles. The average Bonchev–Trinajstić information content (AvgIpc) is 3.40. The first-order chi connectivity index (χ1) is 14.2. The van der Waals surface area contributed by atoms with Crippen molar-refractivity contribution in [1.82, 2.24) is 14.5 Å². The number of hydrogen-bond acceptors (Lipinski definition) is 5. The summed E-state index contributed by atoms with van der Waals surface area (Å²) in [5.41, 5.74) is 1.36. The van der Waals surface area contributed by atoms with E-state index in [4.69, 9.17) is 0 Å². The van der Waals surface area contributed by atoms with E-state index in [2.05, 4.69) is 9.71 Å². The number of likely N-dealkylation sites (tertiary alicyclic amines) is 1. The number of amides is 1. The third-order valence-corrected chi connectivity index (χ3v) is 7.49. The predicted octanol–water partition coefficient (Wildman–Crippen LogP) is 3.63. The van der Waals surface area contributed by atoms with Crippen molar-refractivity contribution in [2.75, 3.05) is 17.8 Å². The second-order valence-corrected chi connectivity index (χ2v) is 9.90. The molecule has 0 radical (unpaired) electrons. The number of aryl methyl sites for hydroxylation is 2. The van der Waals surface area contributed by atoms with Crippen molar-refractivity contribution < 1.29 is 17.6 Å². The highest BCUT2D eigenvalue weighted by atomic mass is 32.2. The Labute approximate surface area is 178 Å². The van der Waals surface area contributed by atoms with E-state index in [-0.39, 0.29) is 16.5 Å². The Hall–Kier alpha value is -2.72. The van der Waals surface area contributed by atoms with Gasteiger partial charge in [0.05, 0.1) is 17.1 Å². The minimum absolute atomic E-state index is 0.0245. The van der Waals surface area contributed by atoms with E-state index in [1.807, 2.05) is 4.90 Å². The van der Waals surface area contributed by atoms with Crippen LogP contribution in [-0.4, -0.2) is 41.9 Å². The Kier molecular flexibility index (Phi) is 5.37. The lowest BCUT2D eigenvalue weighted by molar-refractivity contribution is 0.0796. The van der Waals surface area contributed by atoms with E-state index in [1.165, 1.54) is 41.8 Å². The fourth-order valence-corrected chi connectivity index (χ4v) is 5.64. The number of hydrogen-bond donors (Lipinski definition) is 1. The molecule has 3 heterocycles. The maximum Gasteiger partial charge on any atom is 0.265 e. The first-order valence-corrected chi connectivity index (χ1v) is 11.8. The van der Waals surface area contributed by atoms with E-state index >= 15 is 0 Å². The van der Waals surface area contributed by atoms with E-state index in [0.717, 1.165) is 32.0 Å². The highest BCUT2D eigenvalue weighted by Crippen LogP contribution is 2.32. The number of thiazole rings is 1. The molecule has 0 unspecified atom stereocenters. The average molecular weight is 449 g/mol. The van der Waals surface area contributed by atoms with Gasteiger partial charge in [-0.1, -0.05) is 6.07 Å². The van der Waals surface area contributed by atoms with Crippen LogP contribution in [0.1, 0.15) is 28.2 Å². The fraction of sp³-hybridized carbons (Fsp3) is 0.300. The van der Waals surface area contributed by atoms with Gasteiger partial charge in [-0.05, 0) is 44.0 Å². The first kappa shape index (κ1) is 20.5. The van der Waals surface area contributed by atoms with Crippen LogP contribution in [0, 0.1) is 12.7 Å². The van der Waals surface area contributed by atoms with Crippen molar-refractivity contribution in [3.05, 3.63) is 52.9 Å². The maximum absolute atomic E-state index is 13.4. The zero-order valence-electron chi connectivity index (χ0n) is 16.6. The molecule has 10 heteroatoms. The van der Waals surface area contributed by atoms with Gasteiger partial charge in [-0.25, -0.2) is 17.8 Å². The Morgan fingerprint density at radius 2 is 1.97 bits per heavy atom. The van der Waals surface area contributed by atoms with E-state index in [0.29, 0.717) is 21.3 Å². The van der Waals surface area contributed by atoms with Gasteiger partial charge in [0.25, 0.3) is 15.9 Å². The summed E-state index contributed by atoms with van der Waals surface area (Å²) in [6, 6.07) is 6.77. The summed E-state index contributed by atoms with van der Waals surface area (Å²) < 4.78 is 42.9. The normalized spacial score (nSPS) is 14.3. The number of carbonyl (C=O) groups excluding carboxylic acids is 1. The van der Waals surface area contributed by atoms with Crippen molar-refractivity contribution in [3.63, 3.8) is 0 Å². The van der Waals surface area contributed by atoms with Crippen LogP contribution in [0.5, 0.6) is 0 Å². The van der Waals surface area contributed by atoms with E-state index in [9.17, 15) is 17.6 Å². The van der Waals surface area contributed by atoms with Crippen LogP contribution < -0.4 is 4.72 Å². The lowest BCUT2D eigenvalue weighted by Crippen LogP contribution is -2.27. The molecule has 7 nitrogen and oxygen atoms in total. The molecule has 0 spiro atoms. The van der Waals surface area contributed by atoms with Crippen LogP contribution in [0.15, 0.2) is 41.4 Å². The Morgan fingerprint density at radius 1 is 1.23 bits per heavy atom. The summed E-state index contributed by atoms with van der Waals surface area (Å²) in [6.45, 7) is 3.29. The SMILES string of the molecule is Cc1nc(-c2cc(S(=O)(=O)Nc3cccc(F)c3)cn2C)sc1C(=O)N1CCCC1. The minimum Gasteiger partial charge on any atom is -0.347 e. The quantitative estimate of drug-likeness (QED) is 0.646. The largest absolute Gasteiger partial charge is 0.347 e. The third kappa shape index (κ3) is 3.97. The van der Waals surface area contributed by atoms with Crippen molar-refractivity contribution in [3.8, 4) is 10.7 Å². The molecule has 4 rings (SSSR count). The lowest BCUT2D eigenvalue weighted by atomic mass is 10.3. The first-order valence-electron chi connectivity index (χ1n) is 9.46. The zero-order chi connectivity index (χ0) is 21.5. The third-order valence-electron chi connectivity index (χ3n) is 4.97. The summed E-state index contributed by atoms with van der Waals surface area (Å²) >= 11 is 1.26. The molecule has 0 aliphatic carbocycles. The number of nitrogens with one attached hydrogen (secondary N) is 1. The Morgan fingerprint density at radius 3 is 2.67 bits per heavy atom. The molecule has 3 aromatic rings. The number of halogens is 1. The summed E-state index contributed by atoms with van der Waals surface area (Å²) in [6.07, 6.45) is 3.48. The van der Waals surface area contributed by atoms with Gasteiger partial charge in [-0.2, -0.15) is 0 Å². The van der Waals surface area contributed by atoms with Gasteiger partial charge in [-0.3, -0.25) is 9.52 Å². The molecule has 2 aromatic heterocycles. The Bertz CT molecular complexity index is 1210. The van der Waals surface area contributed by atoms with Crippen LogP contribution >= 0.6 is 11.3 Å². The molecule has 1 fully saturated rings. The molecule has 0 bridgehead atoms. The van der Waals surface area contributed by atoms with Gasteiger partial charge in [-0.15, -0.1) is 11.3 Å². The van der Waals surface area contributed by atoms with Crippen LogP contribution in [0.3, 0.4) is 0 Å². The predicted molar refractivity (Wildman–Crippen MR) is 114 cm³/mol. The summed E-state index contributed by atoms with van der Waals surface area (Å²) in [7, 11) is -2.19. The van der Waals surface area contributed by atoms with Crippen molar-refractivity contribution >= 4 is 33.0 Å². The highest BCUT2D eigenvalue weighted by Gasteiger charge is 2.26. The number of carbonyl (C=O) groups is 1. The Balaban J connectivity index is 1.63. The number of benzene rings is 1. The molecule has 1 saturated heterocycles. The van der Waals surface area contributed by atoms with Crippen molar-refractivity contribution in [2.24, 2.45) is 7.05 Å². The monoisotopic (exact) mass is 448 g/mol. The topological polar surface area (TPSA) is 84.3 Å². The summed E-state index contributed by atoms with van der Waals surface area (Å²) in [4.78, 5) is 19.7. The maximum atomic E-state index is 13.4. The molecular formula is C20H21FN4O3S2. The van der Waals surface area contributed by atoms with Crippen molar-refractivity contribution in [2.45, 2.75) is 24.7 Å². The smallest absolute Gasteiger partial charge is 0.265 e. The zero-order valence-corrected chi connectivity index (χ0v) is 18.2. The van der Waals surface area contributed by atoms with E-state index < -0.39 is 15.8 Å². The molecule has 1 aromatic carbocycles. The standard InChI is InChI=1S/C20H21FN4O3S2/c1-13-18(20(26)25-8-3-4-9-25)29-19(22-13)17-11-16(12-24(17)2)30(27,28)23-15-7-5-6-14(21)10-15/h5-7,10-12,23H,3-4,8-9H2,1-2H3. The molecule has 1 amide bonds. The van der Waals surface area contributed by atoms with Crippen LogP contribution in [0.2, 0.25) is 0 Å². The molecule has 0 atom stereocenters. The second kappa shape index (κ2) is 7.84. The molecule has 158 valence electrons. The number of aromatic nitrogens is 2. The summed E-state index contributed by atoms with van der Waals surface area (Å²) in [5.74, 6) is -0.555. The van der Waals surface area contributed by atoms with Crippen molar-refractivity contribution in [1.29, 1.82) is 0 Å². The summed E-state index contributed by atoms with van der Waals surface area (Å²) in [5, 5.41) is 0.574. The van der Waals surface area contributed by atoms with Crippen LogP contribution in [-0.2, 0) is 17.1 Å². The van der Waals surface area contributed by atoms with Gasteiger partial charge in [0, 0.05) is 26.3 Å². The van der Waals surface area contributed by atoms with Gasteiger partial charge >= 0.3 is 0 Å². The van der Waals surface area contributed by atoms with Gasteiger partial charge in [0.2, 0.25) is 0 Å². The highest BCUT2D eigenvalue weighted by molar-refractivity contribution is 7.92. The molecule has 1 N–H and O–H groups in total. The minimum atomic E-state index is -3.91. The number of anilines is 1. The van der Waals surface area contributed by atoms with E-state index in [1.54, 1.807) is 18.5 Å². The fourth-order valence-electron chi connectivity index (χ4n) is 3.43. The number of rotatable bonds is 5. The van der Waals surface area contributed by atoms with Crippen LogP contribution in [0.4, 0.5) is 10.1 Å². The number of nitrogens with zero attached hydrogens (tertiary/aromatic N) is 3. The lowest BCUT2D eigenvalue weighted by Gasteiger charge is -2.13. The number of sulfonamides is 1. The molecule has 1 aliphatic rings. The molecule has 0 saturated carbocycles. The van der Waals surface area contributed by atoms with Gasteiger partial charge in [0.1, 0.15) is 20.6 Å². The molecule has 30 heavy (non-hydrogen) atoms. The molecular weight excluding hydrogens is 427 g/mol. The van der Waals surface area contributed by atoms with Gasteiger partial charge in [0.15, 0.2) is 0 Å². The van der Waals surface area contributed by atoms with Gasteiger partial charge < -0.3 is 9.47 Å². The van der Waals surface area contributed by atoms with Crippen LogP contribution in [0.25, 0.3) is 10.7 Å². The second-order valence-electron chi connectivity index (χ2n) is 7.22.